The maximum atomic E-state index is 13.3. The van der Waals surface area contributed by atoms with Gasteiger partial charge in [-0.05, 0) is 68.7 Å². The zero-order chi connectivity index (χ0) is 19.9. The fraction of sp³-hybridized carbons (Fsp3) is 0.286. The van der Waals surface area contributed by atoms with E-state index in [9.17, 15) is 18.3 Å². The summed E-state index contributed by atoms with van der Waals surface area (Å²) in [4.78, 5) is 14.2. The van der Waals surface area contributed by atoms with Crippen molar-refractivity contribution in [3.63, 3.8) is 0 Å². The number of hydrogen-bond donors (Lipinski definition) is 1. The number of rotatable bonds is 4. The highest BCUT2D eigenvalue weighted by atomic mass is 32.2. The van der Waals surface area contributed by atoms with Gasteiger partial charge < -0.3 is 10.0 Å². The smallest absolute Gasteiger partial charge is 0.353 e. The van der Waals surface area contributed by atoms with Crippen molar-refractivity contribution in [1.29, 1.82) is 0 Å². The van der Waals surface area contributed by atoms with Crippen LogP contribution in [0.25, 0.3) is 10.9 Å². The molecule has 1 N–H and O–H groups in total. The van der Waals surface area contributed by atoms with Crippen LogP contribution in [0.5, 0.6) is 0 Å². The molecule has 146 valence electrons. The number of aromatic nitrogens is 1. The third-order valence-corrected chi connectivity index (χ3v) is 7.24. The normalized spacial score (nSPS) is 16.5. The molecule has 3 aromatic rings. The van der Waals surface area contributed by atoms with Crippen molar-refractivity contribution in [3.05, 3.63) is 65.9 Å². The molecule has 0 saturated carbocycles. The van der Waals surface area contributed by atoms with Crippen LogP contribution >= 0.6 is 0 Å². The van der Waals surface area contributed by atoms with E-state index in [4.69, 9.17) is 0 Å². The Kier molecular flexibility index (Phi) is 4.72. The van der Waals surface area contributed by atoms with Crippen molar-refractivity contribution in [2.24, 2.45) is 0 Å². The van der Waals surface area contributed by atoms with Crippen LogP contribution < -0.4 is 0 Å². The van der Waals surface area contributed by atoms with Gasteiger partial charge in [-0.1, -0.05) is 30.3 Å². The van der Waals surface area contributed by atoms with Gasteiger partial charge in [-0.25, -0.2) is 17.2 Å². The summed E-state index contributed by atoms with van der Waals surface area (Å²) >= 11 is 0. The molecule has 0 unspecified atom stereocenters. The van der Waals surface area contributed by atoms with Gasteiger partial charge in [0.1, 0.15) is 5.69 Å². The molecule has 0 aliphatic carbocycles. The number of benzene rings is 2. The van der Waals surface area contributed by atoms with Gasteiger partial charge in [0.05, 0.1) is 10.4 Å². The lowest BCUT2D eigenvalue weighted by atomic mass is 9.87. The number of fused-ring (bicyclic) bond motifs is 1. The molecule has 0 atom stereocenters. The van der Waals surface area contributed by atoms with Gasteiger partial charge in [-0.3, -0.25) is 0 Å². The number of carboxylic acids is 1. The topological polar surface area (TPSA) is 79.6 Å². The molecule has 6 nitrogen and oxygen atoms in total. The van der Waals surface area contributed by atoms with Crippen molar-refractivity contribution in [1.82, 2.24) is 8.87 Å². The molecule has 28 heavy (non-hydrogen) atoms. The summed E-state index contributed by atoms with van der Waals surface area (Å²) in [5, 5.41) is 10.4. The second kappa shape index (κ2) is 7.07. The molecule has 2 heterocycles. The lowest BCUT2D eigenvalue weighted by Crippen LogP contribution is -2.29. The molecule has 7 heteroatoms. The van der Waals surface area contributed by atoms with E-state index in [1.165, 1.54) is 18.2 Å². The van der Waals surface area contributed by atoms with Gasteiger partial charge >= 0.3 is 5.97 Å². The highest BCUT2D eigenvalue weighted by Crippen LogP contribution is 2.35. The molecule has 4 rings (SSSR count). The van der Waals surface area contributed by atoms with Crippen molar-refractivity contribution in [2.45, 2.75) is 23.7 Å². The summed E-state index contributed by atoms with van der Waals surface area (Å²) in [5.41, 5.74) is 1.20. The maximum absolute atomic E-state index is 13.3. The Hall–Kier alpha value is -2.64. The highest BCUT2D eigenvalue weighted by molar-refractivity contribution is 7.90. The van der Waals surface area contributed by atoms with Crippen LogP contribution in [0.3, 0.4) is 0 Å². The van der Waals surface area contributed by atoms with Crippen LogP contribution in [0.1, 0.15) is 34.8 Å². The Morgan fingerprint density at radius 1 is 1.04 bits per heavy atom. The number of likely N-dealkylation sites (tertiary alicyclic amines) is 1. The minimum Gasteiger partial charge on any atom is -0.477 e. The molecule has 1 fully saturated rings. The summed E-state index contributed by atoms with van der Waals surface area (Å²) in [6.45, 7) is 1.94. The fourth-order valence-corrected chi connectivity index (χ4v) is 5.53. The zero-order valence-corrected chi connectivity index (χ0v) is 16.4. The average Bonchev–Trinajstić information content (AvgIpc) is 3.10. The highest BCUT2D eigenvalue weighted by Gasteiger charge is 2.28. The van der Waals surface area contributed by atoms with Gasteiger partial charge in [-0.2, -0.15) is 0 Å². The first-order valence-electron chi connectivity index (χ1n) is 9.26. The van der Waals surface area contributed by atoms with E-state index in [1.54, 1.807) is 24.3 Å². The molecule has 0 radical (unpaired) electrons. The number of piperidine rings is 1. The van der Waals surface area contributed by atoms with Crippen molar-refractivity contribution in [2.75, 3.05) is 20.1 Å². The Labute approximate surface area is 164 Å². The monoisotopic (exact) mass is 398 g/mol. The largest absolute Gasteiger partial charge is 0.477 e. The van der Waals surface area contributed by atoms with Crippen molar-refractivity contribution in [3.8, 4) is 0 Å². The summed E-state index contributed by atoms with van der Waals surface area (Å²) in [5.74, 6) is -0.971. The van der Waals surface area contributed by atoms with Crippen molar-refractivity contribution < 1.29 is 18.3 Å². The Morgan fingerprint density at radius 3 is 2.36 bits per heavy atom. The number of aromatic carboxylic acids is 1. The standard InChI is InChI=1S/C21H22N2O4S/c1-22-12-10-15(11-13-22)17-8-5-9-19-18(17)14-20(21(24)25)23(19)28(26,27)16-6-3-2-4-7-16/h2-9,14-15H,10-13H2,1H3,(H,24,25). The van der Waals surface area contributed by atoms with Crippen LogP contribution in [0.4, 0.5) is 0 Å². The first-order valence-corrected chi connectivity index (χ1v) is 10.7. The molecule has 2 aromatic carbocycles. The van der Waals surface area contributed by atoms with Gasteiger partial charge in [0.15, 0.2) is 0 Å². The fourth-order valence-electron chi connectivity index (χ4n) is 4.01. The summed E-state index contributed by atoms with van der Waals surface area (Å²) in [6, 6.07) is 14.9. The second-order valence-corrected chi connectivity index (χ2v) is 9.06. The minimum absolute atomic E-state index is 0.0692. The number of carboxylic acid groups (broad SMARTS) is 1. The Morgan fingerprint density at radius 2 is 1.71 bits per heavy atom. The molecule has 1 saturated heterocycles. The van der Waals surface area contributed by atoms with Crippen LogP contribution in [-0.2, 0) is 10.0 Å². The molecule has 0 bridgehead atoms. The lowest BCUT2D eigenvalue weighted by Gasteiger charge is -2.29. The van der Waals surface area contributed by atoms with Gasteiger partial charge in [0, 0.05) is 5.39 Å². The summed E-state index contributed by atoms with van der Waals surface area (Å²) in [7, 11) is -1.94. The van der Waals surface area contributed by atoms with Crippen LogP contribution in [0.15, 0.2) is 59.5 Å². The van der Waals surface area contributed by atoms with E-state index >= 15 is 0 Å². The van der Waals surface area contributed by atoms with Gasteiger partial charge in [-0.15, -0.1) is 0 Å². The Bertz CT molecular complexity index is 1130. The van der Waals surface area contributed by atoms with E-state index in [0.29, 0.717) is 10.9 Å². The van der Waals surface area contributed by atoms with Gasteiger partial charge in [0.2, 0.25) is 0 Å². The summed E-state index contributed by atoms with van der Waals surface area (Å²) < 4.78 is 27.5. The number of carbonyl (C=O) groups is 1. The minimum atomic E-state index is -4.03. The van der Waals surface area contributed by atoms with Crippen LogP contribution in [0, 0.1) is 0 Å². The number of hydrogen-bond acceptors (Lipinski definition) is 4. The van der Waals surface area contributed by atoms with Crippen molar-refractivity contribution >= 4 is 26.9 Å². The van der Waals surface area contributed by atoms with Crippen LogP contribution in [-0.4, -0.2) is 48.5 Å². The number of nitrogens with zero attached hydrogens (tertiary/aromatic N) is 2. The quantitative estimate of drug-likeness (QED) is 0.729. The predicted octanol–water partition coefficient (Wildman–Crippen LogP) is 3.39. The van der Waals surface area contributed by atoms with Crippen LogP contribution in [0.2, 0.25) is 0 Å². The first kappa shape index (κ1) is 18.7. The van der Waals surface area contributed by atoms with E-state index in [2.05, 4.69) is 11.9 Å². The lowest BCUT2D eigenvalue weighted by molar-refractivity contribution is 0.0689. The zero-order valence-electron chi connectivity index (χ0n) is 15.6. The third-order valence-electron chi connectivity index (χ3n) is 5.49. The summed E-state index contributed by atoms with van der Waals surface area (Å²) in [6.07, 6.45) is 1.93. The molecular weight excluding hydrogens is 376 g/mol. The maximum Gasteiger partial charge on any atom is 0.353 e. The first-order chi connectivity index (χ1) is 13.4. The molecule has 0 amide bonds. The molecule has 1 aliphatic heterocycles. The molecule has 1 aromatic heterocycles. The SMILES string of the molecule is CN1CCC(c2cccc3c2cc(C(=O)O)n3S(=O)(=O)c2ccccc2)CC1. The molecular formula is C21H22N2O4S. The predicted molar refractivity (Wildman–Crippen MR) is 107 cm³/mol. The third kappa shape index (κ3) is 3.10. The second-order valence-electron chi connectivity index (χ2n) is 7.27. The van der Waals surface area contributed by atoms with Gasteiger partial charge in [0.25, 0.3) is 10.0 Å². The Balaban J connectivity index is 1.93. The van der Waals surface area contributed by atoms with E-state index in [-0.39, 0.29) is 16.5 Å². The molecule has 1 aliphatic rings. The van der Waals surface area contributed by atoms with E-state index in [1.807, 2.05) is 12.1 Å². The molecule has 0 spiro atoms. The van der Waals surface area contributed by atoms with E-state index < -0.39 is 16.0 Å². The average molecular weight is 398 g/mol. The van der Waals surface area contributed by atoms with E-state index in [0.717, 1.165) is 35.5 Å².